The second kappa shape index (κ2) is 8.80. The van der Waals surface area contributed by atoms with Crippen LogP contribution < -0.4 is 9.47 Å². The zero-order valence-corrected chi connectivity index (χ0v) is 19.3. The lowest BCUT2D eigenvalue weighted by Gasteiger charge is -2.16. The molecule has 1 aromatic heterocycles. The molecule has 0 bridgehead atoms. The van der Waals surface area contributed by atoms with E-state index in [1.807, 2.05) is 36.4 Å². The Morgan fingerprint density at radius 1 is 0.970 bits per heavy atom. The Kier molecular flexibility index (Phi) is 5.85. The molecule has 33 heavy (non-hydrogen) atoms. The first-order valence-corrected chi connectivity index (χ1v) is 12.8. The quantitative estimate of drug-likeness (QED) is 0.498. The lowest BCUT2D eigenvalue weighted by Crippen LogP contribution is -2.09. The monoisotopic (exact) mass is 465 g/mol. The number of benzene rings is 2. The third-order valence-corrected chi connectivity index (χ3v) is 8.51. The van der Waals surface area contributed by atoms with Gasteiger partial charge >= 0.3 is 0 Å². The van der Waals surface area contributed by atoms with Crippen LogP contribution in [0.4, 0.5) is 0 Å². The van der Waals surface area contributed by atoms with E-state index in [-0.39, 0.29) is 5.25 Å². The summed E-state index contributed by atoms with van der Waals surface area (Å²) in [6, 6.07) is 18.0. The van der Waals surface area contributed by atoms with Gasteiger partial charge in [0.15, 0.2) is 9.84 Å². The number of hydrogen-bond acceptors (Lipinski definition) is 6. The molecule has 2 saturated carbocycles. The number of aliphatic hydroxyl groups excluding tert-OH is 1. The van der Waals surface area contributed by atoms with Crippen molar-refractivity contribution in [2.45, 2.75) is 54.5 Å². The normalized spacial score (nSPS) is 16.9. The van der Waals surface area contributed by atoms with Gasteiger partial charge in [-0.3, -0.25) is 0 Å². The van der Waals surface area contributed by atoms with E-state index in [9.17, 15) is 13.5 Å². The van der Waals surface area contributed by atoms with Gasteiger partial charge in [0.25, 0.3) is 0 Å². The van der Waals surface area contributed by atoms with Crippen molar-refractivity contribution in [2.75, 3.05) is 7.11 Å². The number of ether oxygens (including phenoxy) is 2. The van der Waals surface area contributed by atoms with Crippen LogP contribution in [0.15, 0.2) is 65.6 Å². The third-order valence-electron chi connectivity index (χ3n) is 6.23. The molecule has 0 amide bonds. The standard InChI is InChI=1S/C26H27NO5S/c1-31-20-8-2-17(3-9-20)16-32-26-23(18-4-5-18)14-15-24(27-26)25(28)19-6-10-21(11-7-19)33(29,30)22-12-13-22/h2-3,6-11,14-15,18,22,25,28H,4-5,12-13,16H2,1H3. The predicted molar refractivity (Wildman–Crippen MR) is 124 cm³/mol. The molecule has 0 saturated heterocycles. The van der Waals surface area contributed by atoms with Gasteiger partial charge in [-0.05, 0) is 73.1 Å². The van der Waals surface area contributed by atoms with Gasteiger partial charge in [0.2, 0.25) is 5.88 Å². The van der Waals surface area contributed by atoms with Gasteiger partial charge in [0, 0.05) is 5.56 Å². The molecule has 0 radical (unpaired) electrons. The average Bonchev–Trinajstić information content (AvgIpc) is 3.75. The molecule has 1 N–H and O–H groups in total. The summed E-state index contributed by atoms with van der Waals surface area (Å²) in [6.07, 6.45) is 2.70. The zero-order chi connectivity index (χ0) is 23.0. The summed E-state index contributed by atoms with van der Waals surface area (Å²) in [7, 11) is -1.62. The van der Waals surface area contributed by atoms with Gasteiger partial charge in [-0.25, -0.2) is 13.4 Å². The molecule has 2 aliphatic carbocycles. The molecule has 1 heterocycles. The summed E-state index contributed by atoms with van der Waals surface area (Å²) in [4.78, 5) is 4.96. The van der Waals surface area contributed by atoms with Gasteiger partial charge in [-0.1, -0.05) is 30.3 Å². The summed E-state index contributed by atoms with van der Waals surface area (Å²) in [6.45, 7) is 0.365. The van der Waals surface area contributed by atoms with Crippen molar-refractivity contribution in [3.8, 4) is 11.6 Å². The Morgan fingerprint density at radius 2 is 1.67 bits per heavy atom. The zero-order valence-electron chi connectivity index (χ0n) is 18.5. The van der Waals surface area contributed by atoms with Crippen molar-refractivity contribution < 1.29 is 23.0 Å². The van der Waals surface area contributed by atoms with E-state index in [2.05, 4.69) is 4.98 Å². The van der Waals surface area contributed by atoms with Crippen LogP contribution in [0.25, 0.3) is 0 Å². The Morgan fingerprint density at radius 3 is 2.27 bits per heavy atom. The first kappa shape index (κ1) is 21.9. The molecule has 172 valence electrons. The van der Waals surface area contributed by atoms with Crippen LogP contribution in [0, 0.1) is 0 Å². The second-order valence-corrected chi connectivity index (χ2v) is 11.0. The summed E-state index contributed by atoms with van der Waals surface area (Å²) in [5.74, 6) is 1.77. The van der Waals surface area contributed by atoms with Gasteiger partial charge < -0.3 is 14.6 Å². The Balaban J connectivity index is 1.35. The van der Waals surface area contributed by atoms with Crippen LogP contribution in [-0.4, -0.2) is 30.9 Å². The fourth-order valence-corrected chi connectivity index (χ4v) is 5.55. The van der Waals surface area contributed by atoms with Gasteiger partial charge in [-0.15, -0.1) is 0 Å². The first-order chi connectivity index (χ1) is 16.0. The van der Waals surface area contributed by atoms with Gasteiger partial charge in [0.05, 0.1) is 22.9 Å². The van der Waals surface area contributed by atoms with Gasteiger partial charge in [-0.2, -0.15) is 0 Å². The molecular formula is C26H27NO5S. The number of nitrogens with zero attached hydrogens (tertiary/aromatic N) is 1. The maximum absolute atomic E-state index is 12.4. The van der Waals surface area contributed by atoms with E-state index in [0.29, 0.717) is 34.6 Å². The minimum atomic E-state index is -3.25. The summed E-state index contributed by atoms with van der Waals surface area (Å²) >= 11 is 0. The highest BCUT2D eigenvalue weighted by atomic mass is 32.2. The Bertz CT molecular complexity index is 1230. The average molecular weight is 466 g/mol. The molecule has 0 aliphatic heterocycles. The first-order valence-electron chi connectivity index (χ1n) is 11.2. The topological polar surface area (TPSA) is 85.7 Å². The maximum Gasteiger partial charge on any atom is 0.217 e. The SMILES string of the molecule is COc1ccc(COc2nc(C(O)c3ccc(S(=O)(=O)C4CC4)cc3)ccc2C2CC2)cc1. The maximum atomic E-state index is 12.4. The van der Waals surface area contributed by atoms with Crippen LogP contribution >= 0.6 is 0 Å². The Hall–Kier alpha value is -2.90. The summed E-state index contributed by atoms with van der Waals surface area (Å²) in [5, 5.41) is 10.7. The number of pyridine rings is 1. The molecule has 5 rings (SSSR count). The van der Waals surface area contributed by atoms with E-state index in [1.165, 1.54) is 0 Å². The third kappa shape index (κ3) is 4.75. The lowest BCUT2D eigenvalue weighted by atomic mass is 10.0. The Labute approximate surface area is 194 Å². The summed E-state index contributed by atoms with van der Waals surface area (Å²) in [5.41, 5.74) is 3.13. The van der Waals surface area contributed by atoms with Crippen molar-refractivity contribution in [1.29, 1.82) is 0 Å². The van der Waals surface area contributed by atoms with Crippen LogP contribution in [0.2, 0.25) is 0 Å². The molecule has 2 fully saturated rings. The van der Waals surface area contributed by atoms with E-state index in [4.69, 9.17) is 9.47 Å². The molecule has 1 unspecified atom stereocenters. The molecular weight excluding hydrogens is 438 g/mol. The van der Waals surface area contributed by atoms with Crippen molar-refractivity contribution in [2.24, 2.45) is 0 Å². The summed E-state index contributed by atoms with van der Waals surface area (Å²) < 4.78 is 36.1. The van der Waals surface area contributed by atoms with Crippen LogP contribution in [-0.2, 0) is 16.4 Å². The molecule has 0 spiro atoms. The number of hydrogen-bond donors (Lipinski definition) is 1. The fraction of sp³-hybridized carbons (Fsp3) is 0.346. The van der Waals surface area contributed by atoms with Crippen molar-refractivity contribution in [1.82, 2.24) is 4.98 Å². The highest BCUT2D eigenvalue weighted by Crippen LogP contribution is 2.44. The molecule has 2 aromatic carbocycles. The van der Waals surface area contributed by atoms with E-state index >= 15 is 0 Å². The molecule has 2 aliphatic rings. The highest BCUT2D eigenvalue weighted by molar-refractivity contribution is 7.92. The van der Waals surface area contributed by atoms with Crippen molar-refractivity contribution >= 4 is 9.84 Å². The fourth-order valence-electron chi connectivity index (χ4n) is 3.89. The van der Waals surface area contributed by atoms with E-state index in [0.717, 1.165) is 42.6 Å². The van der Waals surface area contributed by atoms with Crippen molar-refractivity contribution in [3.63, 3.8) is 0 Å². The molecule has 3 aromatic rings. The minimum absolute atomic E-state index is 0.254. The molecule has 6 nitrogen and oxygen atoms in total. The predicted octanol–water partition coefficient (Wildman–Crippen LogP) is 4.56. The number of aromatic nitrogens is 1. The second-order valence-electron chi connectivity index (χ2n) is 8.76. The molecule has 7 heteroatoms. The van der Waals surface area contributed by atoms with Gasteiger partial charge in [0.1, 0.15) is 18.5 Å². The smallest absolute Gasteiger partial charge is 0.217 e. The number of rotatable bonds is 9. The van der Waals surface area contributed by atoms with Crippen LogP contribution in [0.5, 0.6) is 11.6 Å². The minimum Gasteiger partial charge on any atom is -0.497 e. The van der Waals surface area contributed by atoms with E-state index in [1.54, 1.807) is 31.4 Å². The number of sulfone groups is 1. The van der Waals surface area contributed by atoms with Crippen LogP contribution in [0.3, 0.4) is 0 Å². The molecule has 1 atom stereocenters. The highest BCUT2D eigenvalue weighted by Gasteiger charge is 2.36. The van der Waals surface area contributed by atoms with Crippen LogP contribution in [0.1, 0.15) is 60.1 Å². The largest absolute Gasteiger partial charge is 0.497 e. The van der Waals surface area contributed by atoms with E-state index < -0.39 is 15.9 Å². The lowest BCUT2D eigenvalue weighted by molar-refractivity contribution is 0.211. The van der Waals surface area contributed by atoms with Crippen molar-refractivity contribution in [3.05, 3.63) is 83.0 Å². The number of methoxy groups -OCH3 is 1. The number of aliphatic hydroxyl groups is 1.